The summed E-state index contributed by atoms with van der Waals surface area (Å²) < 4.78 is 13.3. The van der Waals surface area contributed by atoms with E-state index in [0.717, 1.165) is 77.5 Å². The Bertz CT molecular complexity index is 2790. The van der Waals surface area contributed by atoms with E-state index in [2.05, 4.69) is 157 Å². The Balaban J connectivity index is 1.33. The maximum absolute atomic E-state index is 6.96. The monoisotopic (exact) mass is 601 g/mol. The molecule has 10 rings (SSSR count). The van der Waals surface area contributed by atoms with Crippen molar-refractivity contribution in [3.05, 3.63) is 164 Å². The molecule has 0 aliphatic carbocycles. The predicted octanol–water partition coefficient (Wildman–Crippen LogP) is 12.9. The molecule has 10 aromatic rings. The zero-order valence-corrected chi connectivity index (χ0v) is 25.4. The molecule has 0 radical (unpaired) electrons. The van der Waals surface area contributed by atoms with Gasteiger partial charge < -0.3 is 13.7 Å². The molecule has 8 aromatic carbocycles. The first-order chi connectivity index (χ1) is 23.3. The van der Waals surface area contributed by atoms with E-state index in [-0.39, 0.29) is 0 Å². The molecule has 0 saturated heterocycles. The van der Waals surface area contributed by atoms with E-state index in [1.54, 1.807) is 0 Å². The summed E-state index contributed by atoms with van der Waals surface area (Å²) in [5, 5.41) is 9.17. The maximum atomic E-state index is 6.96. The Morgan fingerprint density at radius 1 is 0.340 bits per heavy atom. The molecule has 3 heteroatoms. The average Bonchev–Trinajstić information content (AvgIpc) is 3.71. The lowest BCUT2D eigenvalue weighted by molar-refractivity contribution is 0.669. The number of hydrogen-bond acceptors (Lipinski definition) is 3. The van der Waals surface area contributed by atoms with Crippen LogP contribution in [0.4, 0.5) is 17.1 Å². The van der Waals surface area contributed by atoms with Crippen LogP contribution in [0.5, 0.6) is 0 Å². The number of rotatable bonds is 4. The summed E-state index contributed by atoms with van der Waals surface area (Å²) in [6.07, 6.45) is 0. The highest BCUT2D eigenvalue weighted by Gasteiger charge is 2.22. The van der Waals surface area contributed by atoms with Crippen LogP contribution in [-0.2, 0) is 0 Å². The molecule has 2 heterocycles. The molecule has 0 atom stereocenters. The number of benzene rings is 8. The first kappa shape index (κ1) is 26.0. The van der Waals surface area contributed by atoms with Crippen LogP contribution in [0.15, 0.2) is 173 Å². The first-order valence-corrected chi connectivity index (χ1v) is 15.9. The summed E-state index contributed by atoms with van der Waals surface area (Å²) in [4.78, 5) is 2.32. The van der Waals surface area contributed by atoms with Crippen LogP contribution in [-0.4, -0.2) is 0 Å². The third-order valence-corrected chi connectivity index (χ3v) is 9.41. The van der Waals surface area contributed by atoms with Crippen molar-refractivity contribution >= 4 is 82.5 Å². The Kier molecular flexibility index (Phi) is 5.57. The smallest absolute Gasteiger partial charge is 0.143 e. The van der Waals surface area contributed by atoms with Gasteiger partial charge >= 0.3 is 0 Å². The molecular formula is C44H27NO2. The molecule has 0 aliphatic heterocycles. The predicted molar refractivity (Wildman–Crippen MR) is 196 cm³/mol. The molecule has 3 nitrogen and oxygen atoms in total. The summed E-state index contributed by atoms with van der Waals surface area (Å²) in [5.74, 6) is 0. The highest BCUT2D eigenvalue weighted by Crippen LogP contribution is 2.47. The van der Waals surface area contributed by atoms with Crippen LogP contribution in [0.2, 0.25) is 0 Å². The fourth-order valence-corrected chi connectivity index (χ4v) is 7.33. The number of nitrogens with zero attached hydrogens (tertiary/aromatic N) is 1. The summed E-state index contributed by atoms with van der Waals surface area (Å²) >= 11 is 0. The molecule has 0 fully saturated rings. The van der Waals surface area contributed by atoms with Gasteiger partial charge in [0, 0.05) is 55.6 Å². The van der Waals surface area contributed by atoms with Crippen molar-refractivity contribution < 1.29 is 8.83 Å². The van der Waals surface area contributed by atoms with Gasteiger partial charge in [-0.25, -0.2) is 0 Å². The molecule has 0 N–H and O–H groups in total. The van der Waals surface area contributed by atoms with E-state index in [4.69, 9.17) is 8.83 Å². The third-order valence-electron chi connectivity index (χ3n) is 9.41. The van der Waals surface area contributed by atoms with E-state index < -0.39 is 0 Å². The highest BCUT2D eigenvalue weighted by atomic mass is 16.3. The van der Waals surface area contributed by atoms with Gasteiger partial charge in [-0.15, -0.1) is 0 Å². The normalized spacial score (nSPS) is 11.8. The van der Waals surface area contributed by atoms with Crippen molar-refractivity contribution in [2.75, 3.05) is 4.90 Å². The maximum Gasteiger partial charge on any atom is 0.143 e. The minimum Gasteiger partial charge on any atom is -0.456 e. The van der Waals surface area contributed by atoms with Crippen molar-refractivity contribution in [3.8, 4) is 11.1 Å². The quantitative estimate of drug-likeness (QED) is 0.188. The highest BCUT2D eigenvalue weighted by molar-refractivity contribution is 6.31. The van der Waals surface area contributed by atoms with Gasteiger partial charge in [0.05, 0.1) is 0 Å². The minimum atomic E-state index is 0.861. The van der Waals surface area contributed by atoms with Gasteiger partial charge in [-0.1, -0.05) is 115 Å². The second kappa shape index (κ2) is 10.1. The van der Waals surface area contributed by atoms with Crippen LogP contribution in [0.1, 0.15) is 0 Å². The Morgan fingerprint density at radius 2 is 0.957 bits per heavy atom. The molecule has 2 aromatic heterocycles. The summed E-state index contributed by atoms with van der Waals surface area (Å²) in [6, 6.07) is 57.7. The molecule has 0 unspecified atom stereocenters. The standard InChI is InChI=1S/C44H27NO2/c1-3-13-28(14-4-1)38-25-31(26-39-42-36-20-9-7-17-32(36)33-18-8-10-21-37(33)44(42)47-43(38)39)45(29-15-5-2-6-16-29)30-23-24-35-34-19-11-12-22-40(34)46-41(35)27-30/h1-27H. The van der Waals surface area contributed by atoms with Gasteiger partial charge in [0.25, 0.3) is 0 Å². The summed E-state index contributed by atoms with van der Waals surface area (Å²) in [5.41, 5.74) is 8.83. The molecule has 220 valence electrons. The van der Waals surface area contributed by atoms with E-state index in [9.17, 15) is 0 Å². The lowest BCUT2D eigenvalue weighted by Crippen LogP contribution is -2.10. The largest absolute Gasteiger partial charge is 0.456 e. The third kappa shape index (κ3) is 3.93. The second-order valence-electron chi connectivity index (χ2n) is 12.1. The van der Waals surface area contributed by atoms with E-state index in [0.29, 0.717) is 0 Å². The molecule has 0 saturated carbocycles. The lowest BCUT2D eigenvalue weighted by atomic mass is 9.95. The van der Waals surface area contributed by atoms with Gasteiger partial charge in [-0.2, -0.15) is 0 Å². The Morgan fingerprint density at radius 3 is 1.74 bits per heavy atom. The fraction of sp³-hybridized carbons (Fsp3) is 0. The first-order valence-electron chi connectivity index (χ1n) is 15.9. The number of fused-ring (bicyclic) bond motifs is 11. The van der Waals surface area contributed by atoms with Gasteiger partial charge in [0.1, 0.15) is 22.3 Å². The average molecular weight is 602 g/mol. The number of anilines is 3. The van der Waals surface area contributed by atoms with Crippen molar-refractivity contribution in [1.29, 1.82) is 0 Å². The Labute approximate surface area is 270 Å². The number of para-hydroxylation sites is 2. The van der Waals surface area contributed by atoms with E-state index in [1.165, 1.54) is 16.2 Å². The van der Waals surface area contributed by atoms with Crippen molar-refractivity contribution in [1.82, 2.24) is 0 Å². The van der Waals surface area contributed by atoms with Gasteiger partial charge in [-0.05, 0) is 64.2 Å². The molecule has 0 aliphatic rings. The zero-order chi connectivity index (χ0) is 30.9. The number of hydrogen-bond donors (Lipinski definition) is 0. The van der Waals surface area contributed by atoms with Crippen LogP contribution >= 0.6 is 0 Å². The Hall–Kier alpha value is -6.32. The van der Waals surface area contributed by atoms with Crippen LogP contribution in [0.3, 0.4) is 0 Å². The van der Waals surface area contributed by atoms with E-state index in [1.807, 2.05) is 12.1 Å². The van der Waals surface area contributed by atoms with E-state index >= 15 is 0 Å². The van der Waals surface area contributed by atoms with Crippen molar-refractivity contribution in [2.45, 2.75) is 0 Å². The van der Waals surface area contributed by atoms with Crippen molar-refractivity contribution in [3.63, 3.8) is 0 Å². The minimum absolute atomic E-state index is 0.861. The molecule has 0 amide bonds. The molecule has 47 heavy (non-hydrogen) atoms. The summed E-state index contributed by atoms with van der Waals surface area (Å²) in [7, 11) is 0. The molecule has 0 spiro atoms. The SMILES string of the molecule is c1ccc(-c2cc(N(c3ccccc3)c3ccc4c(c3)oc3ccccc34)cc3c2oc2c4ccccc4c4ccccc4c32)cc1. The molecular weight excluding hydrogens is 574 g/mol. The van der Waals surface area contributed by atoms with Crippen LogP contribution in [0.25, 0.3) is 76.5 Å². The number of furan rings is 2. The topological polar surface area (TPSA) is 29.5 Å². The zero-order valence-electron chi connectivity index (χ0n) is 25.4. The molecule has 0 bridgehead atoms. The van der Waals surface area contributed by atoms with Crippen LogP contribution in [0, 0.1) is 0 Å². The lowest BCUT2D eigenvalue weighted by Gasteiger charge is -2.26. The fourth-order valence-electron chi connectivity index (χ4n) is 7.33. The van der Waals surface area contributed by atoms with Gasteiger partial charge in [-0.3, -0.25) is 0 Å². The van der Waals surface area contributed by atoms with Gasteiger partial charge in [0.2, 0.25) is 0 Å². The van der Waals surface area contributed by atoms with Gasteiger partial charge in [0.15, 0.2) is 0 Å². The van der Waals surface area contributed by atoms with Crippen LogP contribution < -0.4 is 4.90 Å². The second-order valence-corrected chi connectivity index (χ2v) is 12.1. The van der Waals surface area contributed by atoms with Crippen molar-refractivity contribution in [2.24, 2.45) is 0 Å². The summed E-state index contributed by atoms with van der Waals surface area (Å²) in [6.45, 7) is 0.